The number of hydrogen-bond donors (Lipinski definition) is 1. The lowest BCUT2D eigenvalue weighted by molar-refractivity contribution is 0.0196. The van der Waals surface area contributed by atoms with E-state index < -0.39 is 29.5 Å². The Morgan fingerprint density at radius 1 is 1.02 bits per heavy atom. The van der Waals surface area contributed by atoms with Gasteiger partial charge in [-0.3, -0.25) is 14.4 Å². The summed E-state index contributed by atoms with van der Waals surface area (Å²) in [7, 11) is 1.72. The Balaban J connectivity index is 1.42. The second-order valence-corrected chi connectivity index (χ2v) is 12.5. The normalized spacial score (nSPS) is 15.2. The Morgan fingerprint density at radius 2 is 1.80 bits per heavy atom. The molecule has 6 rings (SSSR count). The van der Waals surface area contributed by atoms with Gasteiger partial charge in [0.2, 0.25) is 0 Å². The molecule has 1 N–H and O–H groups in total. The summed E-state index contributed by atoms with van der Waals surface area (Å²) >= 11 is 0. The smallest absolute Gasteiger partial charge is 0.410 e. The van der Waals surface area contributed by atoms with Crippen molar-refractivity contribution in [2.75, 3.05) is 18.0 Å². The number of benzene rings is 3. The summed E-state index contributed by atoms with van der Waals surface area (Å²) in [5, 5.41) is 19.5. The van der Waals surface area contributed by atoms with Gasteiger partial charge in [0.05, 0.1) is 17.8 Å². The average molecular weight is 623 g/mol. The van der Waals surface area contributed by atoms with Crippen LogP contribution in [0.15, 0.2) is 79.1 Å². The summed E-state index contributed by atoms with van der Waals surface area (Å²) in [6.07, 6.45) is 4.01. The molecule has 0 unspecified atom stereocenters. The lowest BCUT2D eigenvalue weighted by atomic mass is 9.99. The van der Waals surface area contributed by atoms with E-state index in [1.165, 1.54) is 21.7 Å². The predicted octanol–water partition coefficient (Wildman–Crippen LogP) is 6.59. The summed E-state index contributed by atoms with van der Waals surface area (Å²) in [6.45, 7) is 6.09. The number of nitrogens with zero attached hydrogens (tertiary/aromatic N) is 6. The lowest BCUT2D eigenvalue weighted by Gasteiger charge is -2.39. The van der Waals surface area contributed by atoms with Crippen LogP contribution in [0.3, 0.4) is 0 Å². The van der Waals surface area contributed by atoms with Crippen molar-refractivity contribution >= 4 is 28.6 Å². The zero-order valence-corrected chi connectivity index (χ0v) is 26.1. The SMILES string of the molecule is Cn1cc(-c2ccc(C(=O)N(c3nccc4cc(-c5cccc(O)c5)ccc34)[C@@H]3CCCN(C(=O)OC(C)(C)C)C3)c(F)c2)nn1. The van der Waals surface area contributed by atoms with Crippen LogP contribution >= 0.6 is 0 Å². The van der Waals surface area contributed by atoms with Gasteiger partial charge in [0.1, 0.15) is 28.7 Å². The van der Waals surface area contributed by atoms with E-state index in [9.17, 15) is 14.7 Å². The quantitative estimate of drug-likeness (QED) is 0.235. The third-order valence-corrected chi connectivity index (χ3v) is 7.88. The molecule has 11 heteroatoms. The fraction of sp³-hybridized carbons (Fsp3) is 0.286. The minimum Gasteiger partial charge on any atom is -0.508 e. The fourth-order valence-corrected chi connectivity index (χ4v) is 5.77. The van der Waals surface area contributed by atoms with Gasteiger partial charge in [-0.2, -0.15) is 0 Å². The standard InChI is InChI=1S/C35H35FN6O4/c1-35(2,3)46-34(45)41-16-6-8-26(20-41)42(33(44)29-13-11-25(19-30(29)36)31-21-40(4)39-38-31)32-28-12-10-23(17-24(28)14-15-37-32)22-7-5-9-27(43)18-22/h5,7,9-15,17-19,21,26,43H,6,8,16,20H2,1-4H3/t26-/m1/s1. The molecular formula is C35H35FN6O4. The average Bonchev–Trinajstić information content (AvgIpc) is 3.46. The number of phenolic OH excluding ortho intramolecular Hbond substituents is 1. The number of ether oxygens (including phenoxy) is 1. The Kier molecular flexibility index (Phi) is 8.16. The molecule has 0 radical (unpaired) electrons. The Labute approximate surface area is 266 Å². The third-order valence-electron chi connectivity index (χ3n) is 7.88. The molecule has 1 atom stereocenters. The minimum absolute atomic E-state index is 0.128. The Hall–Kier alpha value is -5.32. The van der Waals surface area contributed by atoms with E-state index in [2.05, 4.69) is 15.3 Å². The van der Waals surface area contributed by atoms with Gasteiger partial charge in [-0.15, -0.1) is 5.10 Å². The Morgan fingerprint density at radius 3 is 2.52 bits per heavy atom. The van der Waals surface area contributed by atoms with Crippen LogP contribution in [-0.2, 0) is 11.8 Å². The van der Waals surface area contributed by atoms with Gasteiger partial charge in [0.15, 0.2) is 0 Å². The van der Waals surface area contributed by atoms with E-state index in [0.29, 0.717) is 41.8 Å². The van der Waals surface area contributed by atoms with Crippen LogP contribution in [0.25, 0.3) is 33.2 Å². The minimum atomic E-state index is -0.704. The zero-order chi connectivity index (χ0) is 32.6. The first-order chi connectivity index (χ1) is 22.0. The van der Waals surface area contributed by atoms with Crippen molar-refractivity contribution in [2.24, 2.45) is 7.05 Å². The molecule has 5 aromatic rings. The summed E-state index contributed by atoms with van der Waals surface area (Å²) in [5.74, 6) is -0.761. The van der Waals surface area contributed by atoms with Crippen LogP contribution in [0.1, 0.15) is 44.0 Å². The molecule has 10 nitrogen and oxygen atoms in total. The number of pyridine rings is 1. The molecular weight excluding hydrogens is 587 g/mol. The first-order valence-corrected chi connectivity index (χ1v) is 15.1. The zero-order valence-electron chi connectivity index (χ0n) is 26.1. The van der Waals surface area contributed by atoms with Crippen LogP contribution in [0, 0.1) is 5.82 Å². The van der Waals surface area contributed by atoms with E-state index in [1.807, 2.05) is 30.3 Å². The van der Waals surface area contributed by atoms with Gasteiger partial charge in [0.25, 0.3) is 5.91 Å². The number of aryl methyl sites for hydroxylation is 1. The van der Waals surface area contributed by atoms with Crippen molar-refractivity contribution in [2.45, 2.75) is 45.3 Å². The second kappa shape index (κ2) is 12.2. The first-order valence-electron chi connectivity index (χ1n) is 15.1. The highest BCUT2D eigenvalue weighted by molar-refractivity contribution is 6.11. The third kappa shape index (κ3) is 6.39. The topological polar surface area (TPSA) is 114 Å². The number of aromatic nitrogens is 4. The number of fused-ring (bicyclic) bond motifs is 1. The molecule has 1 aliphatic heterocycles. The molecule has 236 valence electrons. The molecule has 0 saturated carbocycles. The van der Waals surface area contributed by atoms with Crippen molar-refractivity contribution in [3.05, 3.63) is 90.5 Å². The lowest BCUT2D eigenvalue weighted by Crippen LogP contribution is -2.53. The van der Waals surface area contributed by atoms with Gasteiger partial charge in [-0.05, 0) is 86.5 Å². The molecule has 2 aromatic heterocycles. The van der Waals surface area contributed by atoms with Crippen LogP contribution in [0.2, 0.25) is 0 Å². The van der Waals surface area contributed by atoms with Gasteiger partial charge in [0, 0.05) is 37.3 Å². The highest BCUT2D eigenvalue weighted by atomic mass is 19.1. The van der Waals surface area contributed by atoms with Crippen LogP contribution in [-0.4, -0.2) is 66.7 Å². The van der Waals surface area contributed by atoms with E-state index in [1.54, 1.807) is 69.4 Å². The number of phenols is 1. The molecule has 2 amide bonds. The molecule has 46 heavy (non-hydrogen) atoms. The summed E-state index contributed by atoms with van der Waals surface area (Å²) in [5.41, 5.74) is 1.87. The maximum absolute atomic E-state index is 15.8. The summed E-state index contributed by atoms with van der Waals surface area (Å²) < 4.78 is 22.9. The molecule has 3 aromatic carbocycles. The number of anilines is 1. The molecule has 0 bridgehead atoms. The number of rotatable bonds is 5. The molecule has 1 aliphatic rings. The number of carbonyl (C=O) groups is 2. The van der Waals surface area contributed by atoms with Gasteiger partial charge >= 0.3 is 6.09 Å². The molecule has 1 fully saturated rings. The van der Waals surface area contributed by atoms with E-state index >= 15 is 4.39 Å². The monoisotopic (exact) mass is 622 g/mol. The van der Waals surface area contributed by atoms with Crippen LogP contribution in [0.5, 0.6) is 5.75 Å². The Bertz CT molecular complexity index is 1930. The molecule has 1 saturated heterocycles. The van der Waals surface area contributed by atoms with Crippen LogP contribution < -0.4 is 4.90 Å². The van der Waals surface area contributed by atoms with E-state index in [0.717, 1.165) is 16.5 Å². The van der Waals surface area contributed by atoms with Gasteiger partial charge in [-0.25, -0.2) is 14.2 Å². The fourth-order valence-electron chi connectivity index (χ4n) is 5.77. The number of halogens is 1. The highest BCUT2D eigenvalue weighted by Gasteiger charge is 2.36. The van der Waals surface area contributed by atoms with Crippen molar-refractivity contribution in [3.8, 4) is 28.1 Å². The van der Waals surface area contributed by atoms with Crippen molar-refractivity contribution < 1.29 is 23.8 Å². The predicted molar refractivity (Wildman–Crippen MR) is 173 cm³/mol. The highest BCUT2D eigenvalue weighted by Crippen LogP contribution is 2.34. The molecule has 0 spiro atoms. The van der Waals surface area contributed by atoms with Crippen molar-refractivity contribution in [3.63, 3.8) is 0 Å². The van der Waals surface area contributed by atoms with Crippen LogP contribution in [0.4, 0.5) is 15.0 Å². The van der Waals surface area contributed by atoms with E-state index in [-0.39, 0.29) is 17.9 Å². The number of hydrogen-bond acceptors (Lipinski definition) is 7. The number of aromatic hydroxyl groups is 1. The maximum atomic E-state index is 15.8. The molecule has 0 aliphatic carbocycles. The molecule has 3 heterocycles. The number of likely N-dealkylation sites (tertiary alicyclic amines) is 1. The number of carbonyl (C=O) groups excluding carboxylic acids is 2. The first kappa shape index (κ1) is 30.7. The van der Waals surface area contributed by atoms with Crippen molar-refractivity contribution in [1.29, 1.82) is 0 Å². The van der Waals surface area contributed by atoms with Gasteiger partial charge < -0.3 is 14.7 Å². The number of amides is 2. The van der Waals surface area contributed by atoms with Crippen molar-refractivity contribution in [1.82, 2.24) is 24.9 Å². The summed E-state index contributed by atoms with van der Waals surface area (Å²) in [4.78, 5) is 35.3. The second-order valence-electron chi connectivity index (χ2n) is 12.5. The number of piperidine rings is 1. The van der Waals surface area contributed by atoms with Gasteiger partial charge in [-0.1, -0.05) is 35.5 Å². The maximum Gasteiger partial charge on any atom is 0.410 e. The summed E-state index contributed by atoms with van der Waals surface area (Å²) in [6, 6.07) is 18.4. The largest absolute Gasteiger partial charge is 0.508 e. The van der Waals surface area contributed by atoms with E-state index in [4.69, 9.17) is 4.74 Å².